The van der Waals surface area contributed by atoms with Gasteiger partial charge in [0.25, 0.3) is 0 Å². The summed E-state index contributed by atoms with van der Waals surface area (Å²) in [6.45, 7) is 1.97. The standard InChI is InChI=1S/C17H16N2O2S/c1-11-6-8-12(9-7-11)19-16(20)10-15(17(19)21)22-14-5-3-2-4-13(14)18/h2-9,15H,10,18H2,1H3/t15-/m0/s1. The number of carbonyl (C=O) groups is 2. The molecule has 1 heterocycles. The summed E-state index contributed by atoms with van der Waals surface area (Å²) >= 11 is 1.35. The lowest BCUT2D eigenvalue weighted by molar-refractivity contribution is -0.121. The Bertz CT molecular complexity index is 728. The number of amides is 2. The van der Waals surface area contributed by atoms with E-state index in [-0.39, 0.29) is 18.2 Å². The van der Waals surface area contributed by atoms with Crippen molar-refractivity contribution in [2.24, 2.45) is 0 Å². The largest absolute Gasteiger partial charge is 0.398 e. The average molecular weight is 312 g/mol. The number of nitrogens with zero attached hydrogens (tertiary/aromatic N) is 1. The molecule has 3 rings (SSSR count). The van der Waals surface area contributed by atoms with Gasteiger partial charge in [-0.3, -0.25) is 9.59 Å². The fraction of sp³-hybridized carbons (Fsp3) is 0.176. The summed E-state index contributed by atoms with van der Waals surface area (Å²) < 4.78 is 0. The fourth-order valence-electron chi connectivity index (χ4n) is 2.40. The van der Waals surface area contributed by atoms with Crippen LogP contribution in [0.15, 0.2) is 53.4 Å². The molecule has 5 heteroatoms. The van der Waals surface area contributed by atoms with Crippen LogP contribution in [0.1, 0.15) is 12.0 Å². The summed E-state index contributed by atoms with van der Waals surface area (Å²) in [7, 11) is 0. The number of nitrogen functional groups attached to an aromatic ring is 1. The molecule has 1 atom stereocenters. The Morgan fingerprint density at radius 1 is 1.09 bits per heavy atom. The first kappa shape index (κ1) is 14.7. The van der Waals surface area contributed by atoms with Gasteiger partial charge in [-0.15, -0.1) is 11.8 Å². The minimum absolute atomic E-state index is 0.166. The minimum Gasteiger partial charge on any atom is -0.398 e. The summed E-state index contributed by atoms with van der Waals surface area (Å²) in [5, 5.41) is -0.418. The number of aryl methyl sites for hydroxylation is 1. The molecule has 0 unspecified atom stereocenters. The summed E-state index contributed by atoms with van der Waals surface area (Å²) in [5.41, 5.74) is 8.26. The van der Waals surface area contributed by atoms with Crippen molar-refractivity contribution in [3.8, 4) is 0 Å². The molecular weight excluding hydrogens is 296 g/mol. The van der Waals surface area contributed by atoms with E-state index >= 15 is 0 Å². The second-order valence-electron chi connectivity index (χ2n) is 5.25. The number of para-hydroxylation sites is 1. The van der Waals surface area contributed by atoms with Crippen LogP contribution in [0.3, 0.4) is 0 Å². The summed E-state index contributed by atoms with van der Waals surface area (Å²) in [5.74, 6) is -0.344. The molecular formula is C17H16N2O2S. The molecule has 112 valence electrons. The van der Waals surface area contributed by atoms with Gasteiger partial charge in [0.05, 0.1) is 10.9 Å². The Hall–Kier alpha value is -2.27. The highest BCUT2D eigenvalue weighted by atomic mass is 32.2. The molecule has 2 aromatic rings. The second-order valence-corrected chi connectivity index (χ2v) is 6.50. The molecule has 2 amide bonds. The maximum absolute atomic E-state index is 12.6. The molecule has 4 nitrogen and oxygen atoms in total. The van der Waals surface area contributed by atoms with Crippen LogP contribution in [-0.4, -0.2) is 17.1 Å². The molecule has 0 aromatic heterocycles. The molecule has 1 aliphatic heterocycles. The molecule has 0 bridgehead atoms. The number of benzene rings is 2. The molecule has 2 aromatic carbocycles. The Morgan fingerprint density at radius 3 is 2.45 bits per heavy atom. The zero-order valence-corrected chi connectivity index (χ0v) is 13.0. The van der Waals surface area contributed by atoms with E-state index in [0.717, 1.165) is 10.5 Å². The lowest BCUT2D eigenvalue weighted by Crippen LogP contribution is -2.31. The van der Waals surface area contributed by atoms with Gasteiger partial charge in [-0.05, 0) is 31.2 Å². The highest BCUT2D eigenvalue weighted by molar-refractivity contribution is 8.00. The third kappa shape index (κ3) is 2.72. The van der Waals surface area contributed by atoms with Crippen molar-refractivity contribution in [3.05, 3.63) is 54.1 Å². The van der Waals surface area contributed by atoms with E-state index in [2.05, 4.69) is 0 Å². The van der Waals surface area contributed by atoms with Crippen molar-refractivity contribution >= 4 is 35.0 Å². The van der Waals surface area contributed by atoms with Gasteiger partial charge in [-0.1, -0.05) is 29.8 Å². The van der Waals surface area contributed by atoms with Gasteiger partial charge >= 0.3 is 0 Å². The van der Waals surface area contributed by atoms with Gasteiger partial charge in [-0.2, -0.15) is 0 Å². The molecule has 0 saturated carbocycles. The summed E-state index contributed by atoms with van der Waals surface area (Å²) in [4.78, 5) is 26.9. The highest BCUT2D eigenvalue weighted by Crippen LogP contribution is 2.36. The van der Waals surface area contributed by atoms with Crippen LogP contribution in [-0.2, 0) is 9.59 Å². The number of hydrogen-bond donors (Lipinski definition) is 1. The van der Waals surface area contributed by atoms with E-state index in [4.69, 9.17) is 5.73 Å². The van der Waals surface area contributed by atoms with Crippen LogP contribution >= 0.6 is 11.8 Å². The Morgan fingerprint density at radius 2 is 1.77 bits per heavy atom. The normalized spacial score (nSPS) is 18.0. The fourth-order valence-corrected chi connectivity index (χ4v) is 3.50. The van der Waals surface area contributed by atoms with Gasteiger partial charge in [0.15, 0.2) is 0 Å². The topological polar surface area (TPSA) is 63.4 Å². The number of thioether (sulfide) groups is 1. The lowest BCUT2D eigenvalue weighted by atomic mass is 10.2. The van der Waals surface area contributed by atoms with Crippen molar-refractivity contribution in [1.82, 2.24) is 0 Å². The number of hydrogen-bond acceptors (Lipinski definition) is 4. The van der Waals surface area contributed by atoms with Crippen LogP contribution in [0, 0.1) is 6.92 Å². The van der Waals surface area contributed by atoms with Gasteiger partial charge in [0.2, 0.25) is 11.8 Å². The van der Waals surface area contributed by atoms with Crippen molar-refractivity contribution in [2.75, 3.05) is 10.6 Å². The Labute approximate surface area is 133 Å². The number of imide groups is 1. The quantitative estimate of drug-likeness (QED) is 0.699. The van der Waals surface area contributed by atoms with Crippen molar-refractivity contribution in [3.63, 3.8) is 0 Å². The highest BCUT2D eigenvalue weighted by Gasteiger charge is 2.40. The predicted octanol–water partition coefficient (Wildman–Crippen LogP) is 3.00. The van der Waals surface area contributed by atoms with Crippen LogP contribution in [0.25, 0.3) is 0 Å². The summed E-state index contributed by atoms with van der Waals surface area (Å²) in [6.07, 6.45) is 0.200. The van der Waals surface area contributed by atoms with E-state index in [1.807, 2.05) is 37.3 Å². The Kier molecular flexibility index (Phi) is 3.90. The average Bonchev–Trinajstić information content (AvgIpc) is 2.77. The first-order chi connectivity index (χ1) is 10.6. The second kappa shape index (κ2) is 5.85. The number of nitrogens with two attached hydrogens (primary N) is 1. The zero-order chi connectivity index (χ0) is 15.7. The SMILES string of the molecule is Cc1ccc(N2C(=O)C[C@H](Sc3ccccc3N)C2=O)cc1. The van der Waals surface area contributed by atoms with Gasteiger partial charge in [0.1, 0.15) is 0 Å². The molecule has 1 aliphatic rings. The maximum atomic E-state index is 12.6. The van der Waals surface area contributed by atoms with Crippen LogP contribution in [0.2, 0.25) is 0 Å². The van der Waals surface area contributed by atoms with Gasteiger partial charge in [0, 0.05) is 17.0 Å². The molecule has 1 fully saturated rings. The number of anilines is 2. The first-order valence-corrected chi connectivity index (χ1v) is 7.89. The third-order valence-electron chi connectivity index (χ3n) is 3.59. The van der Waals surface area contributed by atoms with E-state index in [1.165, 1.54) is 16.7 Å². The molecule has 22 heavy (non-hydrogen) atoms. The van der Waals surface area contributed by atoms with Crippen LogP contribution < -0.4 is 10.6 Å². The smallest absolute Gasteiger partial charge is 0.247 e. The first-order valence-electron chi connectivity index (χ1n) is 7.01. The van der Waals surface area contributed by atoms with Crippen molar-refractivity contribution in [1.29, 1.82) is 0 Å². The predicted molar refractivity (Wildman–Crippen MR) is 88.8 cm³/mol. The molecule has 0 radical (unpaired) electrons. The maximum Gasteiger partial charge on any atom is 0.247 e. The Balaban J connectivity index is 1.82. The van der Waals surface area contributed by atoms with Crippen molar-refractivity contribution < 1.29 is 9.59 Å². The lowest BCUT2D eigenvalue weighted by Gasteiger charge is -2.15. The van der Waals surface area contributed by atoms with Crippen molar-refractivity contribution in [2.45, 2.75) is 23.5 Å². The summed E-state index contributed by atoms with van der Waals surface area (Å²) in [6, 6.07) is 14.8. The molecule has 1 saturated heterocycles. The van der Waals surface area contributed by atoms with E-state index in [0.29, 0.717) is 11.4 Å². The third-order valence-corrected chi connectivity index (χ3v) is 4.86. The van der Waals surface area contributed by atoms with E-state index < -0.39 is 5.25 Å². The van der Waals surface area contributed by atoms with E-state index in [9.17, 15) is 9.59 Å². The molecule has 0 aliphatic carbocycles. The van der Waals surface area contributed by atoms with Gasteiger partial charge in [-0.25, -0.2) is 4.90 Å². The van der Waals surface area contributed by atoms with Gasteiger partial charge < -0.3 is 5.73 Å². The number of rotatable bonds is 3. The van der Waals surface area contributed by atoms with Crippen LogP contribution in [0.4, 0.5) is 11.4 Å². The monoisotopic (exact) mass is 312 g/mol. The molecule has 2 N–H and O–H groups in total. The molecule has 0 spiro atoms. The zero-order valence-electron chi connectivity index (χ0n) is 12.2. The van der Waals surface area contributed by atoms with Crippen LogP contribution in [0.5, 0.6) is 0 Å². The van der Waals surface area contributed by atoms with E-state index in [1.54, 1.807) is 18.2 Å². The minimum atomic E-state index is -0.418. The number of carbonyl (C=O) groups excluding carboxylic acids is 2.